The number of nitrogens with one attached hydrogen (secondary N) is 3. The molecule has 3 saturated heterocycles. The van der Waals surface area contributed by atoms with E-state index in [0.717, 1.165) is 49.2 Å². The van der Waals surface area contributed by atoms with E-state index < -0.39 is 34.2 Å². The van der Waals surface area contributed by atoms with Gasteiger partial charge in [-0.2, -0.15) is 4.31 Å². The molecule has 0 saturated carbocycles. The van der Waals surface area contributed by atoms with E-state index in [9.17, 15) is 33.0 Å². The van der Waals surface area contributed by atoms with E-state index in [0.29, 0.717) is 41.1 Å². The SMILES string of the molecule is O=C(NC(c1ccccc1)c1cccc(OCc2ccc(C(=O)OCCCN(CCCNCC(O)c3ccc(O)c4[nH]c(=O)ccc34)S(=O)(=O)c3ccccc3)cc2)c1)O[C@H]1CN2CCC1CC2. The number of ether oxygens (including phenoxy) is 3. The molecule has 3 aliphatic rings. The first-order valence-corrected chi connectivity index (χ1v) is 24.5. The molecule has 5 N–H and O–H groups in total. The second-order valence-electron chi connectivity index (χ2n) is 17.2. The molecule has 3 atom stereocenters. The van der Waals surface area contributed by atoms with Gasteiger partial charge < -0.3 is 40.0 Å². The van der Waals surface area contributed by atoms with Crippen molar-refractivity contribution in [3.8, 4) is 11.5 Å². The highest BCUT2D eigenvalue weighted by molar-refractivity contribution is 7.89. The fraction of sp³-hybridized carbons (Fsp3) is 0.327. The second kappa shape index (κ2) is 22.5. The number of aromatic amines is 1. The van der Waals surface area contributed by atoms with Crippen molar-refractivity contribution < 1.29 is 42.4 Å². The topological polar surface area (TPSA) is 200 Å². The molecule has 0 aliphatic carbocycles. The Balaban J connectivity index is 0.808. The molecular formula is C52H57N5O10S. The summed E-state index contributed by atoms with van der Waals surface area (Å²) in [6.07, 6.45) is 1.25. The molecule has 2 unspecified atom stereocenters. The maximum absolute atomic E-state index is 13.7. The predicted octanol–water partition coefficient (Wildman–Crippen LogP) is 6.67. The monoisotopic (exact) mass is 943 g/mol. The summed E-state index contributed by atoms with van der Waals surface area (Å²) >= 11 is 0. The van der Waals surface area contributed by atoms with E-state index in [1.807, 2.05) is 54.6 Å². The molecule has 3 aliphatic heterocycles. The number of fused-ring (bicyclic) bond motifs is 4. The number of alkyl carbamates (subject to hydrolysis) is 1. The number of H-pyrrole nitrogens is 1. The van der Waals surface area contributed by atoms with Crippen LogP contribution < -0.4 is 20.9 Å². The van der Waals surface area contributed by atoms with Crippen LogP contribution in [0.4, 0.5) is 4.79 Å². The quantitative estimate of drug-likeness (QED) is 0.0380. The number of carbonyl (C=O) groups excluding carboxylic acids is 2. The summed E-state index contributed by atoms with van der Waals surface area (Å²) in [5, 5.41) is 27.9. The third kappa shape index (κ3) is 12.1. The van der Waals surface area contributed by atoms with Crippen molar-refractivity contribution in [3.63, 3.8) is 0 Å². The van der Waals surface area contributed by atoms with Gasteiger partial charge in [0, 0.05) is 37.6 Å². The second-order valence-corrected chi connectivity index (χ2v) is 19.1. The number of benzene rings is 5. The fourth-order valence-corrected chi connectivity index (χ4v) is 10.4. The molecule has 3 fully saturated rings. The summed E-state index contributed by atoms with van der Waals surface area (Å²) in [4.78, 5) is 43.2. The minimum absolute atomic E-state index is 0.00655. The minimum Gasteiger partial charge on any atom is -0.506 e. The van der Waals surface area contributed by atoms with Crippen molar-refractivity contribution in [2.45, 2.75) is 55.4 Å². The van der Waals surface area contributed by atoms with Crippen LogP contribution in [0.1, 0.15) is 70.4 Å². The fourth-order valence-electron chi connectivity index (χ4n) is 8.89. The molecular weight excluding hydrogens is 887 g/mol. The predicted molar refractivity (Wildman–Crippen MR) is 257 cm³/mol. The average Bonchev–Trinajstić information content (AvgIpc) is 3.36. The Morgan fingerprint density at radius 1 is 0.838 bits per heavy atom. The highest BCUT2D eigenvalue weighted by Crippen LogP contribution is 2.32. The summed E-state index contributed by atoms with van der Waals surface area (Å²) in [6, 6.07) is 37.8. The van der Waals surface area contributed by atoms with E-state index in [-0.39, 0.29) is 67.1 Å². The first-order chi connectivity index (χ1) is 33.0. The number of aromatic hydroxyl groups is 1. The van der Waals surface area contributed by atoms with Gasteiger partial charge in [0.25, 0.3) is 0 Å². The van der Waals surface area contributed by atoms with E-state index in [2.05, 4.69) is 20.5 Å². The van der Waals surface area contributed by atoms with Crippen LogP contribution in [0.25, 0.3) is 10.9 Å². The first kappa shape index (κ1) is 47.9. The van der Waals surface area contributed by atoms with E-state index in [1.165, 1.54) is 28.6 Å². The lowest BCUT2D eigenvalue weighted by molar-refractivity contribution is -0.0336. The standard InChI is InChI=1S/C52H57N5O10S/c58-45-22-20-43(44-21-23-48(60)54-50(44)45)46(59)33-53-26-8-27-57(68(63,64)42-14-5-2-6-15-42)28-9-31-65-51(61)39-18-16-36(17-19-39)35-66-41-13-7-12-40(32-41)49(38-10-3-1-4-11-38)55-52(62)67-47-34-56-29-24-37(47)25-30-56/h1-7,10-23,32,37,46-47,49,53,58-59H,8-9,24-31,33-35H2,(H,54,60)(H,55,62)/t46?,47-,49?/m0/s1. The van der Waals surface area contributed by atoms with Gasteiger partial charge in [-0.25, -0.2) is 18.0 Å². The lowest BCUT2D eigenvalue weighted by Crippen LogP contribution is -2.52. The number of carbonyl (C=O) groups is 2. The molecule has 6 aromatic rings. The van der Waals surface area contributed by atoms with E-state index in [1.54, 1.807) is 54.6 Å². The summed E-state index contributed by atoms with van der Waals surface area (Å²) < 4.78 is 46.5. The zero-order valence-corrected chi connectivity index (χ0v) is 38.5. The van der Waals surface area contributed by atoms with E-state index >= 15 is 0 Å². The number of amides is 1. The number of aliphatic hydroxyl groups is 1. The lowest BCUT2D eigenvalue weighted by Gasteiger charge is -2.43. The van der Waals surface area contributed by atoms with Gasteiger partial charge in [-0.05, 0) is 122 Å². The number of piperidine rings is 3. The normalized spacial score (nSPS) is 17.6. The Morgan fingerprint density at radius 3 is 2.29 bits per heavy atom. The molecule has 0 spiro atoms. The molecule has 356 valence electrons. The summed E-state index contributed by atoms with van der Waals surface area (Å²) in [5.41, 5.74) is 3.30. The van der Waals surface area contributed by atoms with Crippen LogP contribution in [0.15, 0.2) is 143 Å². The highest BCUT2D eigenvalue weighted by Gasteiger charge is 2.37. The molecule has 1 amide bonds. The van der Waals surface area contributed by atoms with Crippen molar-refractivity contribution in [2.75, 3.05) is 52.4 Å². The molecule has 9 rings (SSSR count). The number of aliphatic hydroxyl groups excluding tert-OH is 1. The Hall–Kier alpha value is -6.56. The molecule has 5 aromatic carbocycles. The number of hydrogen-bond acceptors (Lipinski definition) is 12. The maximum Gasteiger partial charge on any atom is 0.408 e. The van der Waals surface area contributed by atoms with Crippen LogP contribution in [0.5, 0.6) is 11.5 Å². The lowest BCUT2D eigenvalue weighted by atomic mass is 9.86. The van der Waals surface area contributed by atoms with E-state index in [4.69, 9.17) is 14.2 Å². The number of sulfonamides is 1. The average molecular weight is 944 g/mol. The molecule has 0 radical (unpaired) electrons. The van der Waals surface area contributed by atoms with Crippen LogP contribution in [0.3, 0.4) is 0 Å². The van der Waals surface area contributed by atoms with Crippen molar-refractivity contribution >= 4 is 33.0 Å². The van der Waals surface area contributed by atoms with Crippen molar-refractivity contribution in [1.29, 1.82) is 0 Å². The molecule has 16 heteroatoms. The van der Waals surface area contributed by atoms with Crippen molar-refractivity contribution in [1.82, 2.24) is 24.8 Å². The van der Waals surface area contributed by atoms with Crippen molar-refractivity contribution in [2.24, 2.45) is 5.92 Å². The minimum atomic E-state index is -3.87. The number of pyridine rings is 1. The molecule has 68 heavy (non-hydrogen) atoms. The molecule has 15 nitrogen and oxygen atoms in total. The largest absolute Gasteiger partial charge is 0.506 e. The summed E-state index contributed by atoms with van der Waals surface area (Å²) in [6.45, 7) is 3.92. The van der Waals surface area contributed by atoms with Crippen LogP contribution >= 0.6 is 0 Å². The third-order valence-corrected chi connectivity index (χ3v) is 14.5. The zero-order valence-electron chi connectivity index (χ0n) is 37.7. The van der Waals surface area contributed by atoms with Gasteiger partial charge >= 0.3 is 12.1 Å². The van der Waals surface area contributed by atoms with Gasteiger partial charge in [0.05, 0.1) is 34.7 Å². The van der Waals surface area contributed by atoms with Gasteiger partial charge in [-0.3, -0.25) is 9.69 Å². The Labute approximate surface area is 395 Å². The van der Waals surface area contributed by atoms with Crippen LogP contribution in [-0.2, 0) is 26.1 Å². The van der Waals surface area contributed by atoms with Gasteiger partial charge in [-0.15, -0.1) is 0 Å². The number of hydrogen-bond donors (Lipinski definition) is 5. The number of esters is 1. The van der Waals surface area contributed by atoms with Gasteiger partial charge in [0.15, 0.2) is 0 Å². The van der Waals surface area contributed by atoms with Crippen LogP contribution in [0, 0.1) is 5.92 Å². The number of phenolic OH excluding ortho intramolecular Hbond substituents is 1. The van der Waals surface area contributed by atoms with Gasteiger partial charge in [-0.1, -0.05) is 78.9 Å². The number of aromatic nitrogens is 1. The third-order valence-electron chi connectivity index (χ3n) is 12.6. The number of rotatable bonds is 21. The highest BCUT2D eigenvalue weighted by atomic mass is 32.2. The molecule has 1 aromatic heterocycles. The zero-order chi connectivity index (χ0) is 47.5. The van der Waals surface area contributed by atoms with Crippen LogP contribution in [-0.4, -0.2) is 103 Å². The Kier molecular flexibility index (Phi) is 15.8. The number of phenols is 1. The summed E-state index contributed by atoms with van der Waals surface area (Å²) in [7, 11) is -3.87. The smallest absolute Gasteiger partial charge is 0.408 e. The summed E-state index contributed by atoms with van der Waals surface area (Å²) in [5.74, 6) is 0.366. The number of nitrogens with zero attached hydrogens (tertiary/aromatic N) is 2. The molecule has 4 heterocycles. The van der Waals surface area contributed by atoms with Crippen molar-refractivity contribution in [3.05, 3.63) is 172 Å². The van der Waals surface area contributed by atoms with Crippen LogP contribution in [0.2, 0.25) is 0 Å². The Bertz CT molecular complexity index is 2800. The maximum atomic E-state index is 13.7. The molecule has 2 bridgehead atoms. The first-order valence-electron chi connectivity index (χ1n) is 23.0. The van der Waals surface area contributed by atoms with Gasteiger partial charge in [0.2, 0.25) is 15.6 Å². The Morgan fingerprint density at radius 2 is 1.56 bits per heavy atom. The van der Waals surface area contributed by atoms with Gasteiger partial charge in [0.1, 0.15) is 24.2 Å².